The van der Waals surface area contributed by atoms with Crippen LogP contribution in [0.5, 0.6) is 11.5 Å². The number of rotatable bonds is 7. The Morgan fingerprint density at radius 3 is 2.27 bits per heavy atom. The monoisotopic (exact) mass is 301 g/mol. The summed E-state index contributed by atoms with van der Waals surface area (Å²) in [6.45, 7) is 4.47. The van der Waals surface area contributed by atoms with Gasteiger partial charge in [0.25, 0.3) is 0 Å². The van der Waals surface area contributed by atoms with Crippen LogP contribution in [0.4, 0.5) is 0 Å². The highest BCUT2D eigenvalue weighted by atomic mass is 16.5. The Hall–Kier alpha value is -2.04. The molecule has 2 aromatic carbocycles. The van der Waals surface area contributed by atoms with E-state index in [1.165, 1.54) is 0 Å². The van der Waals surface area contributed by atoms with Gasteiger partial charge in [-0.1, -0.05) is 30.3 Å². The second-order valence-electron chi connectivity index (χ2n) is 5.52. The molecule has 0 unspecified atom stereocenters. The lowest BCUT2D eigenvalue weighted by atomic mass is 10.0. The van der Waals surface area contributed by atoms with Crippen LogP contribution in [0.15, 0.2) is 54.6 Å². The Balaban J connectivity index is 1.82. The summed E-state index contributed by atoms with van der Waals surface area (Å²) in [5.41, 5.74) is 0.772. The molecule has 0 spiro atoms. The van der Waals surface area contributed by atoms with E-state index in [0.29, 0.717) is 6.61 Å². The zero-order valence-electron chi connectivity index (χ0n) is 12.9. The molecule has 2 aromatic rings. The smallest absolute Gasteiger partial charge is 0.119 e. The number of hydrogen-bond donors (Lipinski definition) is 3. The summed E-state index contributed by atoms with van der Waals surface area (Å²) in [6.07, 6.45) is -0.639. The molecule has 22 heavy (non-hydrogen) atoms. The van der Waals surface area contributed by atoms with E-state index in [0.717, 1.165) is 11.3 Å². The van der Waals surface area contributed by atoms with Crippen molar-refractivity contribution in [3.8, 4) is 11.5 Å². The van der Waals surface area contributed by atoms with Crippen LogP contribution < -0.4 is 10.1 Å². The van der Waals surface area contributed by atoms with Crippen molar-refractivity contribution >= 4 is 0 Å². The van der Waals surface area contributed by atoms with Crippen molar-refractivity contribution in [1.29, 1.82) is 0 Å². The summed E-state index contributed by atoms with van der Waals surface area (Å²) in [5.74, 6) is 1.03. The molecule has 0 saturated heterocycles. The predicted molar refractivity (Wildman–Crippen MR) is 87.1 cm³/mol. The number of benzene rings is 2. The van der Waals surface area contributed by atoms with Crippen LogP contribution in [0.25, 0.3) is 0 Å². The summed E-state index contributed by atoms with van der Waals surface area (Å²) >= 11 is 0. The largest absolute Gasteiger partial charge is 0.508 e. The van der Waals surface area contributed by atoms with Crippen LogP contribution in [0.3, 0.4) is 0 Å². The predicted octanol–water partition coefficient (Wildman–Crippen LogP) is 2.87. The van der Waals surface area contributed by atoms with Gasteiger partial charge in [0.1, 0.15) is 18.1 Å². The van der Waals surface area contributed by atoms with Crippen molar-refractivity contribution in [2.45, 2.75) is 32.0 Å². The van der Waals surface area contributed by atoms with Crippen molar-refractivity contribution in [3.05, 3.63) is 60.2 Å². The topological polar surface area (TPSA) is 61.7 Å². The maximum absolute atomic E-state index is 10.3. The third-order valence-electron chi connectivity index (χ3n) is 3.50. The zero-order valence-corrected chi connectivity index (χ0v) is 12.9. The average molecular weight is 301 g/mol. The molecule has 0 fully saturated rings. The van der Waals surface area contributed by atoms with Crippen molar-refractivity contribution in [2.24, 2.45) is 0 Å². The van der Waals surface area contributed by atoms with Gasteiger partial charge in [-0.25, -0.2) is 0 Å². The normalized spacial score (nSPS) is 15.0. The molecule has 0 radical (unpaired) electrons. The van der Waals surface area contributed by atoms with Crippen LogP contribution in [-0.2, 0) is 0 Å². The van der Waals surface area contributed by atoms with Crippen LogP contribution >= 0.6 is 0 Å². The Morgan fingerprint density at radius 1 is 1.00 bits per heavy atom. The maximum Gasteiger partial charge on any atom is 0.119 e. The number of para-hydroxylation sites is 1. The standard InChI is InChI=1S/C18H23NO3/c1-13(12-22-17-6-4-3-5-7-17)19-14(2)18(21)15-8-10-16(20)11-9-15/h3-11,13-14,18-21H,12H2,1-2H3/t13-,14-,18+/m1/s1. The molecule has 0 heterocycles. The van der Waals surface area contributed by atoms with E-state index in [1.54, 1.807) is 24.3 Å². The lowest BCUT2D eigenvalue weighted by molar-refractivity contribution is 0.124. The molecule has 0 aromatic heterocycles. The first-order valence-electron chi connectivity index (χ1n) is 7.47. The summed E-state index contributed by atoms with van der Waals surface area (Å²) < 4.78 is 5.69. The van der Waals surface area contributed by atoms with Gasteiger partial charge in [0, 0.05) is 12.1 Å². The molecular formula is C18H23NO3. The van der Waals surface area contributed by atoms with E-state index in [1.807, 2.05) is 44.2 Å². The first kappa shape index (κ1) is 16.3. The molecule has 0 aliphatic carbocycles. The van der Waals surface area contributed by atoms with E-state index in [9.17, 15) is 10.2 Å². The molecule has 0 bridgehead atoms. The first-order valence-corrected chi connectivity index (χ1v) is 7.47. The first-order chi connectivity index (χ1) is 10.6. The number of aliphatic hydroxyl groups is 1. The molecule has 4 nitrogen and oxygen atoms in total. The van der Waals surface area contributed by atoms with Crippen molar-refractivity contribution < 1.29 is 14.9 Å². The molecule has 0 aliphatic rings. The molecule has 3 atom stereocenters. The lowest BCUT2D eigenvalue weighted by Gasteiger charge is -2.25. The third-order valence-corrected chi connectivity index (χ3v) is 3.50. The summed E-state index contributed by atoms with van der Waals surface area (Å²) in [5, 5.41) is 22.9. The fourth-order valence-electron chi connectivity index (χ4n) is 2.29. The number of ether oxygens (including phenoxy) is 1. The molecule has 2 rings (SSSR count). The van der Waals surface area contributed by atoms with E-state index in [4.69, 9.17) is 4.74 Å². The molecule has 3 N–H and O–H groups in total. The molecule has 4 heteroatoms. The van der Waals surface area contributed by atoms with Gasteiger partial charge in [-0.2, -0.15) is 0 Å². The van der Waals surface area contributed by atoms with Gasteiger partial charge in [-0.15, -0.1) is 0 Å². The lowest BCUT2D eigenvalue weighted by Crippen LogP contribution is -2.41. The third kappa shape index (κ3) is 4.76. The quantitative estimate of drug-likeness (QED) is 0.736. The van der Waals surface area contributed by atoms with Gasteiger partial charge in [-0.3, -0.25) is 0 Å². The Kier molecular flexibility index (Phi) is 5.81. The minimum atomic E-state index is -0.639. The highest BCUT2D eigenvalue weighted by Crippen LogP contribution is 2.20. The van der Waals surface area contributed by atoms with Gasteiger partial charge < -0.3 is 20.3 Å². The summed E-state index contributed by atoms with van der Waals surface area (Å²) in [4.78, 5) is 0. The fraction of sp³-hybridized carbons (Fsp3) is 0.333. The highest BCUT2D eigenvalue weighted by Gasteiger charge is 2.18. The Labute approximate surface area is 131 Å². The minimum absolute atomic E-state index is 0.0990. The molecular weight excluding hydrogens is 278 g/mol. The van der Waals surface area contributed by atoms with Gasteiger partial charge in [0.15, 0.2) is 0 Å². The van der Waals surface area contributed by atoms with Crippen LogP contribution in [0.2, 0.25) is 0 Å². The van der Waals surface area contributed by atoms with Gasteiger partial charge >= 0.3 is 0 Å². The van der Waals surface area contributed by atoms with Crippen molar-refractivity contribution in [2.75, 3.05) is 6.61 Å². The number of aromatic hydroxyl groups is 1. The minimum Gasteiger partial charge on any atom is -0.508 e. The van der Waals surface area contributed by atoms with Crippen LogP contribution in [0, 0.1) is 0 Å². The number of nitrogens with one attached hydrogen (secondary N) is 1. The fourth-order valence-corrected chi connectivity index (χ4v) is 2.29. The number of phenolic OH excluding ortho intramolecular Hbond substituents is 1. The van der Waals surface area contributed by atoms with Gasteiger partial charge in [0.05, 0.1) is 6.10 Å². The Morgan fingerprint density at radius 2 is 1.64 bits per heavy atom. The van der Waals surface area contributed by atoms with Crippen molar-refractivity contribution in [1.82, 2.24) is 5.32 Å². The zero-order chi connectivity index (χ0) is 15.9. The molecule has 0 aliphatic heterocycles. The van der Waals surface area contributed by atoms with Crippen LogP contribution in [-0.4, -0.2) is 28.9 Å². The van der Waals surface area contributed by atoms with Crippen molar-refractivity contribution in [3.63, 3.8) is 0 Å². The van der Waals surface area contributed by atoms with E-state index in [2.05, 4.69) is 5.32 Å². The van der Waals surface area contributed by atoms with Crippen LogP contribution in [0.1, 0.15) is 25.5 Å². The number of phenols is 1. The number of hydrogen-bond acceptors (Lipinski definition) is 4. The molecule has 0 amide bonds. The maximum atomic E-state index is 10.3. The molecule has 118 valence electrons. The SMILES string of the molecule is C[C@H](COc1ccccc1)N[C@H](C)[C@H](O)c1ccc(O)cc1. The van der Waals surface area contributed by atoms with E-state index in [-0.39, 0.29) is 17.8 Å². The second-order valence-corrected chi connectivity index (χ2v) is 5.52. The average Bonchev–Trinajstić information content (AvgIpc) is 2.54. The summed E-state index contributed by atoms with van der Waals surface area (Å²) in [6, 6.07) is 16.2. The van der Waals surface area contributed by atoms with Gasteiger partial charge in [0.2, 0.25) is 0 Å². The second kappa shape index (κ2) is 7.82. The van der Waals surface area contributed by atoms with Gasteiger partial charge in [-0.05, 0) is 43.7 Å². The highest BCUT2D eigenvalue weighted by molar-refractivity contribution is 5.28. The Bertz CT molecular complexity index is 556. The number of aliphatic hydroxyl groups excluding tert-OH is 1. The molecule has 0 saturated carbocycles. The summed E-state index contributed by atoms with van der Waals surface area (Å²) in [7, 11) is 0. The van der Waals surface area contributed by atoms with E-state index >= 15 is 0 Å². The van der Waals surface area contributed by atoms with E-state index < -0.39 is 6.10 Å².